The molecule has 3 heterocycles. The SMILES string of the molecule is NC(=O)CCC1NC2(C(=O)Nc3ccc(Cl)cc32)[C@H]2C(=O)N(Cc3ccccc3Cl)C(=O)[C@@H]12. The highest BCUT2D eigenvalue weighted by Gasteiger charge is 2.70. The maximum Gasteiger partial charge on any atom is 0.250 e. The Morgan fingerprint density at radius 1 is 1.09 bits per heavy atom. The molecule has 170 valence electrons. The number of hydrogen-bond donors (Lipinski definition) is 3. The van der Waals surface area contributed by atoms with Crippen LogP contribution in [0.1, 0.15) is 24.0 Å². The fourth-order valence-electron chi connectivity index (χ4n) is 5.33. The summed E-state index contributed by atoms with van der Waals surface area (Å²) in [6, 6.07) is 11.3. The molecule has 0 aromatic heterocycles. The minimum absolute atomic E-state index is 0.00692. The van der Waals surface area contributed by atoms with Crippen LogP contribution < -0.4 is 16.4 Å². The average Bonchev–Trinajstić information content (AvgIpc) is 3.34. The Bertz CT molecular complexity index is 1220. The molecule has 33 heavy (non-hydrogen) atoms. The highest BCUT2D eigenvalue weighted by molar-refractivity contribution is 6.31. The lowest BCUT2D eigenvalue weighted by atomic mass is 9.76. The Kier molecular flexibility index (Phi) is 5.19. The third-order valence-electron chi connectivity index (χ3n) is 6.76. The van der Waals surface area contributed by atoms with Gasteiger partial charge in [-0.25, -0.2) is 0 Å². The molecule has 2 fully saturated rings. The van der Waals surface area contributed by atoms with Gasteiger partial charge < -0.3 is 11.1 Å². The summed E-state index contributed by atoms with van der Waals surface area (Å²) in [6.45, 7) is -0.00696. The molecule has 5 rings (SSSR count). The Morgan fingerprint density at radius 2 is 1.85 bits per heavy atom. The summed E-state index contributed by atoms with van der Waals surface area (Å²) in [5.41, 5.74) is 5.52. The third kappa shape index (κ3) is 3.24. The molecule has 1 spiro atoms. The van der Waals surface area contributed by atoms with Crippen LogP contribution in [0, 0.1) is 11.8 Å². The van der Waals surface area contributed by atoms with Crippen LogP contribution in [0.3, 0.4) is 0 Å². The molecule has 0 saturated carbocycles. The largest absolute Gasteiger partial charge is 0.370 e. The van der Waals surface area contributed by atoms with E-state index in [1.54, 1.807) is 42.5 Å². The van der Waals surface area contributed by atoms with Gasteiger partial charge in [0.2, 0.25) is 23.6 Å². The number of primary amides is 1. The summed E-state index contributed by atoms with van der Waals surface area (Å²) < 4.78 is 0. The first kappa shape index (κ1) is 21.9. The molecule has 3 aliphatic heterocycles. The number of fused-ring (bicyclic) bond motifs is 4. The number of anilines is 1. The fourth-order valence-corrected chi connectivity index (χ4v) is 5.70. The monoisotopic (exact) mass is 486 g/mol. The number of nitrogens with one attached hydrogen (secondary N) is 2. The molecule has 4 atom stereocenters. The zero-order chi connectivity index (χ0) is 23.5. The van der Waals surface area contributed by atoms with Gasteiger partial charge in [0, 0.05) is 33.8 Å². The van der Waals surface area contributed by atoms with Crippen molar-refractivity contribution in [3.8, 4) is 0 Å². The smallest absolute Gasteiger partial charge is 0.250 e. The summed E-state index contributed by atoms with van der Waals surface area (Å²) in [6.07, 6.45) is 0.216. The normalized spacial score (nSPS) is 27.8. The lowest BCUT2D eigenvalue weighted by Crippen LogP contribution is -2.53. The van der Waals surface area contributed by atoms with Crippen LogP contribution in [0.4, 0.5) is 5.69 Å². The maximum absolute atomic E-state index is 13.7. The maximum atomic E-state index is 13.7. The Labute approximate surface area is 199 Å². The summed E-state index contributed by atoms with van der Waals surface area (Å²) in [4.78, 5) is 53.2. The van der Waals surface area contributed by atoms with Gasteiger partial charge >= 0.3 is 0 Å². The molecule has 2 unspecified atom stereocenters. The number of carbonyl (C=O) groups is 4. The number of hydrogen-bond acceptors (Lipinski definition) is 5. The van der Waals surface area contributed by atoms with E-state index in [4.69, 9.17) is 28.9 Å². The van der Waals surface area contributed by atoms with E-state index in [9.17, 15) is 19.2 Å². The number of carbonyl (C=O) groups excluding carboxylic acids is 4. The van der Waals surface area contributed by atoms with Crippen LogP contribution in [-0.2, 0) is 31.3 Å². The van der Waals surface area contributed by atoms with E-state index in [1.165, 1.54) is 0 Å². The van der Waals surface area contributed by atoms with Crippen molar-refractivity contribution in [2.24, 2.45) is 17.6 Å². The van der Waals surface area contributed by atoms with Crippen LogP contribution in [0.25, 0.3) is 0 Å². The molecule has 2 saturated heterocycles. The van der Waals surface area contributed by atoms with Gasteiger partial charge in [-0.15, -0.1) is 0 Å². The Morgan fingerprint density at radius 3 is 2.58 bits per heavy atom. The van der Waals surface area contributed by atoms with Crippen molar-refractivity contribution < 1.29 is 19.2 Å². The lowest BCUT2D eigenvalue weighted by molar-refractivity contribution is -0.143. The first-order chi connectivity index (χ1) is 15.7. The topological polar surface area (TPSA) is 122 Å². The van der Waals surface area contributed by atoms with Crippen molar-refractivity contribution in [1.82, 2.24) is 10.2 Å². The van der Waals surface area contributed by atoms with Gasteiger partial charge in [0.25, 0.3) is 0 Å². The number of nitrogens with zero attached hydrogens (tertiary/aromatic N) is 1. The average molecular weight is 487 g/mol. The van der Waals surface area contributed by atoms with Crippen molar-refractivity contribution in [3.63, 3.8) is 0 Å². The van der Waals surface area contributed by atoms with E-state index in [1.807, 2.05) is 0 Å². The van der Waals surface area contributed by atoms with Gasteiger partial charge in [-0.05, 0) is 36.2 Å². The van der Waals surface area contributed by atoms with Crippen molar-refractivity contribution in [2.75, 3.05) is 5.32 Å². The zero-order valence-corrected chi connectivity index (χ0v) is 18.8. The van der Waals surface area contributed by atoms with Gasteiger partial charge in [0.05, 0.1) is 18.4 Å². The molecule has 0 radical (unpaired) electrons. The van der Waals surface area contributed by atoms with E-state index < -0.39 is 47.0 Å². The molecule has 4 N–H and O–H groups in total. The number of likely N-dealkylation sites (tertiary alicyclic amines) is 1. The molecular weight excluding hydrogens is 467 g/mol. The molecule has 0 aliphatic carbocycles. The summed E-state index contributed by atoms with van der Waals surface area (Å²) in [5.74, 6) is -3.68. The van der Waals surface area contributed by atoms with E-state index in [0.29, 0.717) is 26.9 Å². The second-order valence-corrected chi connectivity index (χ2v) is 9.41. The summed E-state index contributed by atoms with van der Waals surface area (Å²) >= 11 is 12.5. The molecule has 10 heteroatoms. The number of amides is 4. The number of benzene rings is 2. The van der Waals surface area contributed by atoms with Crippen molar-refractivity contribution in [1.29, 1.82) is 0 Å². The predicted molar refractivity (Wildman–Crippen MR) is 121 cm³/mol. The second-order valence-electron chi connectivity index (χ2n) is 8.57. The molecule has 2 aromatic rings. The van der Waals surface area contributed by atoms with Crippen LogP contribution in [-0.4, -0.2) is 34.6 Å². The predicted octanol–water partition coefficient (Wildman–Crippen LogP) is 2.18. The quantitative estimate of drug-likeness (QED) is 0.559. The molecule has 3 aliphatic rings. The van der Waals surface area contributed by atoms with Crippen molar-refractivity contribution >= 4 is 52.5 Å². The van der Waals surface area contributed by atoms with Gasteiger partial charge in [0.15, 0.2) is 0 Å². The van der Waals surface area contributed by atoms with Gasteiger partial charge in [0.1, 0.15) is 5.54 Å². The van der Waals surface area contributed by atoms with Crippen molar-refractivity contribution in [2.45, 2.75) is 31.0 Å². The summed E-state index contributed by atoms with van der Waals surface area (Å²) in [7, 11) is 0. The lowest BCUT2D eigenvalue weighted by Gasteiger charge is -2.29. The standard InChI is InChI=1S/C23H20Cl2N4O4/c24-12-5-6-15-13(9-12)23(22(33)27-15)19-18(16(28-23)7-8-17(26)30)20(31)29(21(19)32)10-11-3-1-2-4-14(11)25/h1-6,9,16,18-19,28H,7-8,10H2,(H2,26,30)(H,27,33)/t16?,18-,19+,23?/m0/s1. The van der Waals surface area contributed by atoms with E-state index >= 15 is 0 Å². The van der Waals surface area contributed by atoms with Crippen LogP contribution >= 0.6 is 23.2 Å². The molecule has 0 bridgehead atoms. The minimum Gasteiger partial charge on any atom is -0.370 e. The van der Waals surface area contributed by atoms with Gasteiger partial charge in [-0.2, -0.15) is 0 Å². The molecule has 2 aromatic carbocycles. The number of imide groups is 1. The Hall–Kier alpha value is -2.94. The number of rotatable bonds is 5. The third-order valence-corrected chi connectivity index (χ3v) is 7.36. The number of nitrogens with two attached hydrogens (primary N) is 1. The van der Waals surface area contributed by atoms with Crippen LogP contribution in [0.15, 0.2) is 42.5 Å². The van der Waals surface area contributed by atoms with E-state index in [-0.39, 0.29) is 19.4 Å². The van der Waals surface area contributed by atoms with E-state index in [2.05, 4.69) is 10.6 Å². The second kappa shape index (κ2) is 7.83. The zero-order valence-electron chi connectivity index (χ0n) is 17.3. The van der Waals surface area contributed by atoms with Crippen LogP contribution in [0.5, 0.6) is 0 Å². The first-order valence-corrected chi connectivity index (χ1v) is 11.3. The van der Waals surface area contributed by atoms with E-state index in [0.717, 1.165) is 4.90 Å². The van der Waals surface area contributed by atoms with Gasteiger partial charge in [-0.3, -0.25) is 29.4 Å². The molecule has 8 nitrogen and oxygen atoms in total. The summed E-state index contributed by atoms with van der Waals surface area (Å²) in [5, 5.41) is 6.88. The molecule has 4 amide bonds. The first-order valence-electron chi connectivity index (χ1n) is 10.5. The Balaban J connectivity index is 1.60. The van der Waals surface area contributed by atoms with Gasteiger partial charge in [-0.1, -0.05) is 41.4 Å². The highest BCUT2D eigenvalue weighted by Crippen LogP contribution is 2.54. The van der Waals surface area contributed by atoms with Crippen molar-refractivity contribution in [3.05, 3.63) is 63.6 Å². The number of halogens is 2. The fraction of sp³-hybridized carbons (Fsp3) is 0.304. The minimum atomic E-state index is -1.48. The molecular formula is C23H20Cl2N4O4. The highest BCUT2D eigenvalue weighted by atomic mass is 35.5. The van der Waals surface area contributed by atoms with Crippen LogP contribution in [0.2, 0.25) is 10.0 Å².